The molecule has 0 saturated heterocycles. The molecule has 16 heavy (non-hydrogen) atoms. The predicted molar refractivity (Wildman–Crippen MR) is 53.6 cm³/mol. The third-order valence-corrected chi connectivity index (χ3v) is 2.08. The Hall–Kier alpha value is -1.30. The number of anilines is 1. The maximum absolute atomic E-state index is 11.9. The molecule has 0 amide bonds. The minimum atomic E-state index is -4.22. The summed E-state index contributed by atoms with van der Waals surface area (Å²) in [6, 6.07) is 3.16. The van der Waals surface area contributed by atoms with Crippen molar-refractivity contribution in [3.63, 3.8) is 0 Å². The Kier molecular flexibility index (Phi) is 4.12. The van der Waals surface area contributed by atoms with Crippen molar-refractivity contribution in [3.8, 4) is 0 Å². The van der Waals surface area contributed by atoms with Gasteiger partial charge in [0.15, 0.2) is 0 Å². The lowest BCUT2D eigenvalue weighted by Gasteiger charge is -2.12. The quantitative estimate of drug-likeness (QED) is 0.836. The fourth-order valence-corrected chi connectivity index (χ4v) is 1.33. The van der Waals surface area contributed by atoms with Crippen LogP contribution >= 0.6 is 0 Å². The summed E-state index contributed by atoms with van der Waals surface area (Å²) in [5.74, 6) is 0.292. The van der Waals surface area contributed by atoms with Crippen LogP contribution in [0.4, 0.5) is 19.0 Å². The molecule has 0 radical (unpaired) electrons. The largest absolute Gasteiger partial charge is 0.393 e. The number of nitrogens with two attached hydrogens (primary N) is 1. The molecule has 1 unspecified atom stereocenters. The highest BCUT2D eigenvalue weighted by atomic mass is 19.4. The van der Waals surface area contributed by atoms with Crippen LogP contribution in [0.3, 0.4) is 0 Å². The zero-order chi connectivity index (χ0) is 12.2. The van der Waals surface area contributed by atoms with E-state index in [1.54, 1.807) is 6.07 Å². The van der Waals surface area contributed by atoms with Crippen molar-refractivity contribution in [1.82, 2.24) is 4.98 Å². The van der Waals surface area contributed by atoms with Crippen LogP contribution in [0.15, 0.2) is 18.3 Å². The number of halogens is 3. The number of aromatic nitrogens is 1. The monoisotopic (exact) mass is 234 g/mol. The van der Waals surface area contributed by atoms with E-state index in [2.05, 4.69) is 4.98 Å². The first-order valence-electron chi connectivity index (χ1n) is 4.82. The van der Waals surface area contributed by atoms with E-state index in [0.717, 1.165) is 0 Å². The topological polar surface area (TPSA) is 59.1 Å². The van der Waals surface area contributed by atoms with Gasteiger partial charge in [-0.25, -0.2) is 4.98 Å². The standard InChI is InChI=1S/C10H13F3N2O/c11-10(12,13)3-1-8(16)5-7-2-4-15-9(14)6-7/h2,4,6,8,16H,1,3,5H2,(H2,14,15). The molecule has 1 aromatic heterocycles. The van der Waals surface area contributed by atoms with Gasteiger partial charge in [-0.2, -0.15) is 13.2 Å². The maximum atomic E-state index is 11.9. The molecule has 0 saturated carbocycles. The number of aliphatic hydroxyl groups is 1. The van der Waals surface area contributed by atoms with Crippen LogP contribution < -0.4 is 5.73 Å². The molecule has 0 aliphatic carbocycles. The summed E-state index contributed by atoms with van der Waals surface area (Å²) in [4.78, 5) is 3.75. The number of hydrogen-bond acceptors (Lipinski definition) is 3. The summed E-state index contributed by atoms with van der Waals surface area (Å²) in [5, 5.41) is 9.40. The van der Waals surface area contributed by atoms with Gasteiger partial charge in [0.2, 0.25) is 0 Å². The van der Waals surface area contributed by atoms with Crippen molar-refractivity contribution < 1.29 is 18.3 Å². The summed E-state index contributed by atoms with van der Waals surface area (Å²) in [6.07, 6.45) is -4.90. The van der Waals surface area contributed by atoms with Crippen LogP contribution in [0.1, 0.15) is 18.4 Å². The van der Waals surface area contributed by atoms with E-state index in [9.17, 15) is 18.3 Å². The minimum absolute atomic E-state index is 0.156. The smallest absolute Gasteiger partial charge is 0.389 e. The highest BCUT2D eigenvalue weighted by Crippen LogP contribution is 2.23. The maximum Gasteiger partial charge on any atom is 0.389 e. The van der Waals surface area contributed by atoms with Gasteiger partial charge in [0.1, 0.15) is 5.82 Å². The lowest BCUT2D eigenvalue weighted by atomic mass is 10.1. The lowest BCUT2D eigenvalue weighted by Crippen LogP contribution is -2.16. The predicted octanol–water partition coefficient (Wildman–Crippen LogP) is 1.91. The van der Waals surface area contributed by atoms with E-state index >= 15 is 0 Å². The zero-order valence-corrected chi connectivity index (χ0v) is 8.54. The average Bonchev–Trinajstić information content (AvgIpc) is 2.14. The molecule has 0 spiro atoms. The van der Waals surface area contributed by atoms with Gasteiger partial charge in [-0.15, -0.1) is 0 Å². The van der Waals surface area contributed by atoms with Crippen molar-refractivity contribution in [2.24, 2.45) is 0 Å². The molecule has 1 atom stereocenters. The van der Waals surface area contributed by atoms with Crippen LogP contribution in [-0.2, 0) is 6.42 Å². The Morgan fingerprint density at radius 2 is 2.12 bits per heavy atom. The summed E-state index contributed by atoms with van der Waals surface area (Å²) >= 11 is 0. The first-order valence-corrected chi connectivity index (χ1v) is 4.82. The molecule has 0 aromatic carbocycles. The van der Waals surface area contributed by atoms with Gasteiger partial charge in [-0.1, -0.05) is 0 Å². The SMILES string of the molecule is Nc1cc(CC(O)CCC(F)(F)F)ccn1. The second-order valence-electron chi connectivity index (χ2n) is 3.60. The third-order valence-electron chi connectivity index (χ3n) is 2.08. The molecule has 90 valence electrons. The van der Waals surface area contributed by atoms with Crippen LogP contribution in [0, 0.1) is 0 Å². The number of alkyl halides is 3. The van der Waals surface area contributed by atoms with Gasteiger partial charge in [-0.3, -0.25) is 0 Å². The molecule has 6 heteroatoms. The molecule has 0 aliphatic rings. The molecule has 1 rings (SSSR count). The molecule has 0 fully saturated rings. The van der Waals surface area contributed by atoms with Crippen molar-refractivity contribution in [2.45, 2.75) is 31.5 Å². The Labute approximate surface area is 91.1 Å². The van der Waals surface area contributed by atoms with Gasteiger partial charge in [-0.05, 0) is 30.5 Å². The molecule has 0 bridgehead atoms. The Morgan fingerprint density at radius 3 is 2.69 bits per heavy atom. The highest BCUT2D eigenvalue weighted by molar-refractivity contribution is 5.32. The average molecular weight is 234 g/mol. The van der Waals surface area contributed by atoms with E-state index < -0.39 is 18.7 Å². The summed E-state index contributed by atoms with van der Waals surface area (Å²) < 4.78 is 35.6. The number of rotatable bonds is 4. The molecule has 3 nitrogen and oxygen atoms in total. The number of nitrogen functional groups attached to an aromatic ring is 1. The lowest BCUT2D eigenvalue weighted by molar-refractivity contribution is -0.139. The van der Waals surface area contributed by atoms with Crippen LogP contribution in [0.25, 0.3) is 0 Å². The van der Waals surface area contributed by atoms with E-state index in [0.29, 0.717) is 11.4 Å². The zero-order valence-electron chi connectivity index (χ0n) is 8.54. The molecule has 3 N–H and O–H groups in total. The van der Waals surface area contributed by atoms with E-state index in [1.165, 1.54) is 12.3 Å². The summed E-state index contributed by atoms with van der Waals surface area (Å²) in [5.41, 5.74) is 6.09. The molecular formula is C10H13F3N2O. The Balaban J connectivity index is 2.43. The van der Waals surface area contributed by atoms with Crippen LogP contribution in [0.5, 0.6) is 0 Å². The Bertz CT molecular complexity index is 341. The number of hydrogen-bond donors (Lipinski definition) is 2. The van der Waals surface area contributed by atoms with Crippen LogP contribution in [0.2, 0.25) is 0 Å². The van der Waals surface area contributed by atoms with Gasteiger partial charge in [0.25, 0.3) is 0 Å². The molecule has 1 heterocycles. The normalized spacial score (nSPS) is 13.8. The fourth-order valence-electron chi connectivity index (χ4n) is 1.33. The van der Waals surface area contributed by atoms with Crippen molar-refractivity contribution in [2.75, 3.05) is 5.73 Å². The second-order valence-corrected chi connectivity index (χ2v) is 3.60. The van der Waals surface area contributed by atoms with Gasteiger partial charge < -0.3 is 10.8 Å². The molecule has 0 aliphatic heterocycles. The van der Waals surface area contributed by atoms with Gasteiger partial charge >= 0.3 is 6.18 Å². The molecule has 1 aromatic rings. The van der Waals surface area contributed by atoms with E-state index in [4.69, 9.17) is 5.73 Å². The fraction of sp³-hybridized carbons (Fsp3) is 0.500. The van der Waals surface area contributed by atoms with E-state index in [1.807, 2.05) is 0 Å². The first-order chi connectivity index (χ1) is 7.37. The highest BCUT2D eigenvalue weighted by Gasteiger charge is 2.27. The Morgan fingerprint density at radius 1 is 1.44 bits per heavy atom. The first kappa shape index (κ1) is 12.8. The minimum Gasteiger partial charge on any atom is -0.393 e. The van der Waals surface area contributed by atoms with Crippen molar-refractivity contribution >= 4 is 5.82 Å². The number of nitrogens with zero attached hydrogens (tertiary/aromatic N) is 1. The van der Waals surface area contributed by atoms with Crippen molar-refractivity contribution in [3.05, 3.63) is 23.9 Å². The van der Waals surface area contributed by atoms with Crippen molar-refractivity contribution in [1.29, 1.82) is 0 Å². The number of aliphatic hydroxyl groups excluding tert-OH is 1. The third kappa shape index (κ3) is 4.97. The van der Waals surface area contributed by atoms with Gasteiger partial charge in [0, 0.05) is 12.6 Å². The molecular weight excluding hydrogens is 221 g/mol. The summed E-state index contributed by atoms with van der Waals surface area (Å²) in [7, 11) is 0. The summed E-state index contributed by atoms with van der Waals surface area (Å²) in [6.45, 7) is 0. The van der Waals surface area contributed by atoms with Gasteiger partial charge in [0.05, 0.1) is 6.10 Å². The van der Waals surface area contributed by atoms with Crippen LogP contribution in [-0.4, -0.2) is 22.4 Å². The van der Waals surface area contributed by atoms with E-state index in [-0.39, 0.29) is 12.8 Å². The second kappa shape index (κ2) is 5.16. The number of pyridine rings is 1.